The molecule has 18 heavy (non-hydrogen) atoms. The minimum atomic E-state index is -4.47. The molecule has 2 N–H and O–H groups in total. The Hall–Kier alpha value is -0.890. The first-order valence-electron chi connectivity index (χ1n) is 5.90. The maximum absolute atomic E-state index is 12.5. The Labute approximate surface area is 107 Å². The van der Waals surface area contributed by atoms with Crippen LogP contribution in [0, 0.1) is 0 Å². The van der Waals surface area contributed by atoms with E-state index in [0.29, 0.717) is 18.2 Å². The second-order valence-corrected chi connectivity index (χ2v) is 5.06. The molecule has 102 valence electrons. The lowest BCUT2D eigenvalue weighted by Crippen LogP contribution is -2.40. The summed E-state index contributed by atoms with van der Waals surface area (Å²) in [5.41, 5.74) is 5.69. The van der Waals surface area contributed by atoms with Crippen molar-refractivity contribution in [2.24, 2.45) is 5.73 Å². The number of anilines is 1. The Balaban J connectivity index is 2.20. The molecule has 1 saturated heterocycles. The molecule has 4 nitrogen and oxygen atoms in total. The lowest BCUT2D eigenvalue weighted by Gasteiger charge is -2.28. The Kier molecular flexibility index (Phi) is 4.06. The Morgan fingerprint density at radius 2 is 2.11 bits per heavy atom. The van der Waals surface area contributed by atoms with Gasteiger partial charge in [-0.05, 0) is 12.8 Å². The average molecular weight is 280 g/mol. The quantitative estimate of drug-likeness (QED) is 0.903. The zero-order valence-electron chi connectivity index (χ0n) is 9.78. The summed E-state index contributed by atoms with van der Waals surface area (Å²) < 4.78 is 40.8. The number of nitrogens with zero attached hydrogens (tertiary/aromatic N) is 3. The molecule has 1 aliphatic heterocycles. The van der Waals surface area contributed by atoms with Crippen molar-refractivity contribution >= 4 is 16.7 Å². The molecule has 0 amide bonds. The predicted octanol–water partition coefficient (Wildman–Crippen LogP) is 2.26. The van der Waals surface area contributed by atoms with Gasteiger partial charge in [0.15, 0.2) is 0 Å². The fraction of sp³-hybridized carbons (Fsp3) is 0.800. The summed E-state index contributed by atoms with van der Waals surface area (Å²) in [5, 5.41) is 0.333. The number of halogens is 3. The van der Waals surface area contributed by atoms with Crippen LogP contribution < -0.4 is 10.6 Å². The third kappa shape index (κ3) is 2.92. The van der Waals surface area contributed by atoms with Crippen LogP contribution in [-0.2, 0) is 6.18 Å². The van der Waals surface area contributed by atoms with Gasteiger partial charge in [-0.3, -0.25) is 0 Å². The first-order chi connectivity index (χ1) is 8.52. The topological polar surface area (TPSA) is 55.0 Å². The van der Waals surface area contributed by atoms with Crippen molar-refractivity contribution in [3.05, 3.63) is 5.82 Å². The molecule has 1 atom stereocenters. The number of rotatable bonds is 2. The fourth-order valence-corrected chi connectivity index (χ4v) is 2.91. The molecule has 1 aromatic heterocycles. The maximum Gasteiger partial charge on any atom is 0.452 e. The largest absolute Gasteiger partial charge is 0.452 e. The van der Waals surface area contributed by atoms with Crippen LogP contribution in [0.5, 0.6) is 0 Å². The van der Waals surface area contributed by atoms with Crippen molar-refractivity contribution < 1.29 is 13.2 Å². The molecule has 2 heterocycles. The second kappa shape index (κ2) is 5.40. The van der Waals surface area contributed by atoms with Crippen LogP contribution >= 0.6 is 11.5 Å². The summed E-state index contributed by atoms with van der Waals surface area (Å²) in [7, 11) is 0. The smallest absolute Gasteiger partial charge is 0.343 e. The van der Waals surface area contributed by atoms with E-state index in [1.165, 1.54) is 0 Å². The van der Waals surface area contributed by atoms with E-state index in [0.717, 1.165) is 37.2 Å². The summed E-state index contributed by atoms with van der Waals surface area (Å²) >= 11 is 0.801. The van der Waals surface area contributed by atoms with Crippen LogP contribution in [0.4, 0.5) is 18.3 Å². The third-order valence-electron chi connectivity index (χ3n) is 3.06. The SMILES string of the molecule is NCC1CCCCCN1c1nc(C(F)(F)F)ns1. The molecule has 1 fully saturated rings. The third-order valence-corrected chi connectivity index (χ3v) is 3.82. The van der Waals surface area contributed by atoms with E-state index in [9.17, 15) is 13.2 Å². The maximum atomic E-state index is 12.5. The highest BCUT2D eigenvalue weighted by Crippen LogP contribution is 2.32. The standard InChI is InChI=1S/C10H15F3N4S/c11-10(12,13)8-15-9(18-16-8)17-5-3-1-2-4-7(17)6-14/h7H,1-6,14H2. The number of hydrogen-bond acceptors (Lipinski definition) is 5. The summed E-state index contributed by atoms with van der Waals surface area (Å²) in [6, 6.07) is 0.0709. The second-order valence-electron chi connectivity index (χ2n) is 4.33. The summed E-state index contributed by atoms with van der Waals surface area (Å²) in [4.78, 5) is 5.47. The fourth-order valence-electron chi connectivity index (χ4n) is 2.12. The molecule has 0 aromatic carbocycles. The van der Waals surface area contributed by atoms with Crippen molar-refractivity contribution in [2.75, 3.05) is 18.0 Å². The van der Waals surface area contributed by atoms with Crippen LogP contribution in [0.2, 0.25) is 0 Å². The zero-order valence-corrected chi connectivity index (χ0v) is 10.6. The van der Waals surface area contributed by atoms with E-state index < -0.39 is 12.0 Å². The molecule has 1 aromatic rings. The lowest BCUT2D eigenvalue weighted by atomic mass is 10.1. The van der Waals surface area contributed by atoms with Gasteiger partial charge < -0.3 is 10.6 Å². The molecule has 1 aliphatic rings. The van der Waals surface area contributed by atoms with E-state index in [4.69, 9.17) is 5.73 Å². The van der Waals surface area contributed by atoms with Crippen molar-refractivity contribution in [1.29, 1.82) is 0 Å². The van der Waals surface area contributed by atoms with E-state index in [2.05, 4.69) is 9.36 Å². The van der Waals surface area contributed by atoms with Crippen molar-refractivity contribution in [2.45, 2.75) is 37.9 Å². The van der Waals surface area contributed by atoms with E-state index >= 15 is 0 Å². The first-order valence-corrected chi connectivity index (χ1v) is 6.67. The van der Waals surface area contributed by atoms with Gasteiger partial charge in [0, 0.05) is 30.7 Å². The van der Waals surface area contributed by atoms with Crippen molar-refractivity contribution in [3.8, 4) is 0 Å². The number of hydrogen-bond donors (Lipinski definition) is 1. The number of nitrogens with two attached hydrogens (primary N) is 1. The van der Waals surface area contributed by atoms with E-state index in [-0.39, 0.29) is 6.04 Å². The monoisotopic (exact) mass is 280 g/mol. The molecule has 0 bridgehead atoms. The van der Waals surface area contributed by atoms with Gasteiger partial charge in [-0.15, -0.1) is 0 Å². The van der Waals surface area contributed by atoms with Crippen LogP contribution in [0.15, 0.2) is 0 Å². The Morgan fingerprint density at radius 1 is 1.33 bits per heavy atom. The zero-order chi connectivity index (χ0) is 13.2. The van der Waals surface area contributed by atoms with Crippen LogP contribution in [0.3, 0.4) is 0 Å². The van der Waals surface area contributed by atoms with Crippen LogP contribution in [0.1, 0.15) is 31.5 Å². The van der Waals surface area contributed by atoms with Gasteiger partial charge >= 0.3 is 6.18 Å². The highest BCUT2D eigenvalue weighted by molar-refractivity contribution is 7.09. The van der Waals surface area contributed by atoms with E-state index in [1.54, 1.807) is 0 Å². The molecule has 0 radical (unpaired) electrons. The van der Waals surface area contributed by atoms with Gasteiger partial charge in [0.1, 0.15) is 0 Å². The predicted molar refractivity (Wildman–Crippen MR) is 63.6 cm³/mol. The summed E-state index contributed by atoms with van der Waals surface area (Å²) in [5.74, 6) is -1.05. The van der Waals surface area contributed by atoms with Crippen LogP contribution in [0.25, 0.3) is 0 Å². The Bertz CT molecular complexity index is 393. The Morgan fingerprint density at radius 3 is 2.72 bits per heavy atom. The molecular formula is C10H15F3N4S. The van der Waals surface area contributed by atoms with Gasteiger partial charge in [0.25, 0.3) is 0 Å². The average Bonchev–Trinajstić information content (AvgIpc) is 2.68. The summed E-state index contributed by atoms with van der Waals surface area (Å²) in [6.07, 6.45) is -0.477. The summed E-state index contributed by atoms with van der Waals surface area (Å²) in [6.45, 7) is 1.13. The van der Waals surface area contributed by atoms with Gasteiger partial charge in [-0.1, -0.05) is 12.8 Å². The minimum absolute atomic E-state index is 0.0709. The lowest BCUT2D eigenvalue weighted by molar-refractivity contribution is -0.144. The molecule has 0 spiro atoms. The molecule has 1 unspecified atom stereocenters. The number of aromatic nitrogens is 2. The van der Waals surface area contributed by atoms with Crippen molar-refractivity contribution in [1.82, 2.24) is 9.36 Å². The molecular weight excluding hydrogens is 265 g/mol. The molecule has 0 aliphatic carbocycles. The van der Waals surface area contributed by atoms with Crippen molar-refractivity contribution in [3.63, 3.8) is 0 Å². The normalized spacial score (nSPS) is 22.0. The molecule has 0 saturated carbocycles. The molecule has 2 rings (SSSR count). The van der Waals surface area contributed by atoms with E-state index in [1.807, 2.05) is 4.90 Å². The van der Waals surface area contributed by atoms with Gasteiger partial charge in [-0.2, -0.15) is 22.5 Å². The van der Waals surface area contributed by atoms with Crippen LogP contribution in [-0.4, -0.2) is 28.5 Å². The molecule has 8 heteroatoms. The number of alkyl halides is 3. The highest BCUT2D eigenvalue weighted by atomic mass is 32.1. The minimum Gasteiger partial charge on any atom is -0.343 e. The highest BCUT2D eigenvalue weighted by Gasteiger charge is 2.37. The van der Waals surface area contributed by atoms with Gasteiger partial charge in [0.05, 0.1) is 0 Å². The van der Waals surface area contributed by atoms with Gasteiger partial charge in [0.2, 0.25) is 11.0 Å². The first kappa shape index (κ1) is 13.5. The van der Waals surface area contributed by atoms with Gasteiger partial charge in [-0.25, -0.2) is 0 Å².